The molecule has 30 heavy (non-hydrogen) atoms. The summed E-state index contributed by atoms with van der Waals surface area (Å²) in [6.45, 7) is 4.35. The Bertz CT molecular complexity index is 845. The molecule has 6 heteroatoms. The van der Waals surface area contributed by atoms with Crippen LogP contribution in [-0.4, -0.2) is 41.4 Å². The molecule has 1 aromatic heterocycles. The van der Waals surface area contributed by atoms with E-state index in [0.717, 1.165) is 69.4 Å². The third-order valence-corrected chi connectivity index (χ3v) is 6.72. The number of aliphatic hydroxyl groups is 1. The molecular weight excluding hydrogens is 396 g/mol. The van der Waals surface area contributed by atoms with Crippen molar-refractivity contribution in [2.45, 2.75) is 70.1 Å². The molecule has 2 aliphatic rings. The number of halogens is 1. The summed E-state index contributed by atoms with van der Waals surface area (Å²) in [5.74, 6) is 0.856. The molecular formula is C24H33ClN4O. The summed E-state index contributed by atoms with van der Waals surface area (Å²) in [5, 5.41) is 21.2. The summed E-state index contributed by atoms with van der Waals surface area (Å²) in [7, 11) is 0. The molecule has 0 spiro atoms. The molecule has 2 aromatic rings. The fourth-order valence-electron chi connectivity index (χ4n) is 4.69. The number of pyridine rings is 1. The Morgan fingerprint density at radius 3 is 2.50 bits per heavy atom. The van der Waals surface area contributed by atoms with Crippen molar-refractivity contribution in [3.8, 4) is 11.1 Å². The topological polar surface area (TPSA) is 69.2 Å². The van der Waals surface area contributed by atoms with Crippen LogP contribution in [0.3, 0.4) is 0 Å². The quantitative estimate of drug-likeness (QED) is 0.529. The van der Waals surface area contributed by atoms with Gasteiger partial charge in [0.1, 0.15) is 5.82 Å². The van der Waals surface area contributed by atoms with Gasteiger partial charge >= 0.3 is 0 Å². The molecule has 2 fully saturated rings. The van der Waals surface area contributed by atoms with Crippen molar-refractivity contribution >= 4 is 23.1 Å². The van der Waals surface area contributed by atoms with Crippen molar-refractivity contribution < 1.29 is 5.11 Å². The molecule has 0 bridgehead atoms. The first-order chi connectivity index (χ1) is 14.6. The normalized spacial score (nSPS) is 22.6. The second-order valence-corrected chi connectivity index (χ2v) is 8.96. The molecule has 1 aliphatic carbocycles. The third-order valence-electron chi connectivity index (χ3n) is 6.42. The number of nitrogens with zero attached hydrogens (tertiary/aromatic N) is 1. The van der Waals surface area contributed by atoms with E-state index in [4.69, 9.17) is 11.6 Å². The SMILES string of the molecule is CCc1c(NC2CCNCC2)cccc1-c1cc(NC2CCC(O)CC2)ncc1Cl. The molecule has 1 aliphatic heterocycles. The summed E-state index contributed by atoms with van der Waals surface area (Å²) >= 11 is 6.61. The average molecular weight is 429 g/mol. The maximum Gasteiger partial charge on any atom is 0.126 e. The van der Waals surface area contributed by atoms with Crippen LogP contribution in [-0.2, 0) is 6.42 Å². The smallest absolute Gasteiger partial charge is 0.126 e. The summed E-state index contributed by atoms with van der Waals surface area (Å²) in [4.78, 5) is 4.52. The van der Waals surface area contributed by atoms with E-state index in [9.17, 15) is 5.11 Å². The average Bonchev–Trinajstić information content (AvgIpc) is 2.77. The second-order valence-electron chi connectivity index (χ2n) is 8.55. The van der Waals surface area contributed by atoms with E-state index in [1.807, 2.05) is 0 Å². The van der Waals surface area contributed by atoms with Gasteiger partial charge < -0.3 is 21.1 Å². The molecule has 0 radical (unpaired) electrons. The van der Waals surface area contributed by atoms with Crippen LogP contribution in [0, 0.1) is 0 Å². The summed E-state index contributed by atoms with van der Waals surface area (Å²) in [6.07, 6.45) is 8.47. The minimum absolute atomic E-state index is 0.154. The van der Waals surface area contributed by atoms with Crippen LogP contribution < -0.4 is 16.0 Å². The van der Waals surface area contributed by atoms with Gasteiger partial charge in [0.25, 0.3) is 0 Å². The molecule has 2 heterocycles. The Balaban J connectivity index is 1.58. The highest BCUT2D eigenvalue weighted by atomic mass is 35.5. The number of hydrogen-bond donors (Lipinski definition) is 4. The van der Waals surface area contributed by atoms with Gasteiger partial charge in [0.2, 0.25) is 0 Å². The summed E-state index contributed by atoms with van der Waals surface area (Å²) in [5.41, 5.74) is 4.71. The van der Waals surface area contributed by atoms with Crippen molar-refractivity contribution in [3.63, 3.8) is 0 Å². The van der Waals surface area contributed by atoms with E-state index < -0.39 is 0 Å². The highest BCUT2D eigenvalue weighted by molar-refractivity contribution is 6.33. The van der Waals surface area contributed by atoms with Gasteiger partial charge in [0, 0.05) is 29.5 Å². The van der Waals surface area contributed by atoms with Crippen LogP contribution in [0.4, 0.5) is 11.5 Å². The first-order valence-corrected chi connectivity index (χ1v) is 11.7. The molecule has 5 nitrogen and oxygen atoms in total. The first-order valence-electron chi connectivity index (χ1n) is 11.3. The predicted octanol–water partition coefficient (Wildman–Crippen LogP) is 4.84. The van der Waals surface area contributed by atoms with Crippen LogP contribution in [0.2, 0.25) is 5.02 Å². The van der Waals surface area contributed by atoms with Gasteiger partial charge in [0.15, 0.2) is 0 Å². The number of rotatable bonds is 6. The van der Waals surface area contributed by atoms with E-state index in [0.29, 0.717) is 17.1 Å². The summed E-state index contributed by atoms with van der Waals surface area (Å²) in [6, 6.07) is 9.41. The largest absolute Gasteiger partial charge is 0.393 e. The van der Waals surface area contributed by atoms with E-state index in [2.05, 4.69) is 52.1 Å². The fourth-order valence-corrected chi connectivity index (χ4v) is 4.90. The highest BCUT2D eigenvalue weighted by Crippen LogP contribution is 2.36. The van der Waals surface area contributed by atoms with E-state index in [1.165, 1.54) is 16.8 Å². The molecule has 0 atom stereocenters. The van der Waals surface area contributed by atoms with Crippen molar-refractivity contribution in [2.75, 3.05) is 23.7 Å². The van der Waals surface area contributed by atoms with Gasteiger partial charge in [-0.2, -0.15) is 0 Å². The van der Waals surface area contributed by atoms with Crippen molar-refractivity contribution in [2.24, 2.45) is 0 Å². The molecule has 0 unspecified atom stereocenters. The van der Waals surface area contributed by atoms with E-state index >= 15 is 0 Å². The maximum absolute atomic E-state index is 9.75. The van der Waals surface area contributed by atoms with Gasteiger partial charge in [-0.05, 0) is 81.3 Å². The fraction of sp³-hybridized carbons (Fsp3) is 0.542. The van der Waals surface area contributed by atoms with Gasteiger partial charge in [-0.25, -0.2) is 4.98 Å². The first kappa shape index (κ1) is 21.4. The Morgan fingerprint density at radius 2 is 1.77 bits per heavy atom. The van der Waals surface area contributed by atoms with Crippen LogP contribution in [0.1, 0.15) is 51.0 Å². The Morgan fingerprint density at radius 1 is 1.03 bits per heavy atom. The van der Waals surface area contributed by atoms with Crippen molar-refractivity contribution in [1.82, 2.24) is 10.3 Å². The zero-order valence-corrected chi connectivity index (χ0v) is 18.5. The monoisotopic (exact) mass is 428 g/mol. The maximum atomic E-state index is 9.75. The number of benzene rings is 1. The van der Waals surface area contributed by atoms with Crippen LogP contribution >= 0.6 is 11.6 Å². The zero-order chi connectivity index (χ0) is 20.9. The Labute approximate surface area is 184 Å². The van der Waals surface area contributed by atoms with Crippen LogP contribution in [0.15, 0.2) is 30.5 Å². The van der Waals surface area contributed by atoms with Crippen LogP contribution in [0.25, 0.3) is 11.1 Å². The molecule has 1 aromatic carbocycles. The lowest BCUT2D eigenvalue weighted by Crippen LogP contribution is -2.35. The lowest BCUT2D eigenvalue weighted by Gasteiger charge is -2.27. The number of hydrogen-bond acceptors (Lipinski definition) is 5. The molecule has 1 saturated heterocycles. The molecule has 4 rings (SSSR count). The predicted molar refractivity (Wildman–Crippen MR) is 125 cm³/mol. The van der Waals surface area contributed by atoms with Gasteiger partial charge in [0.05, 0.1) is 11.1 Å². The Hall–Kier alpha value is -1.82. The zero-order valence-electron chi connectivity index (χ0n) is 17.8. The Kier molecular flexibility index (Phi) is 7.13. The molecule has 0 amide bonds. The van der Waals surface area contributed by atoms with Crippen molar-refractivity contribution in [1.29, 1.82) is 0 Å². The minimum atomic E-state index is -0.154. The number of aromatic nitrogens is 1. The molecule has 4 N–H and O–H groups in total. The number of aliphatic hydroxyl groups excluding tert-OH is 1. The van der Waals surface area contributed by atoms with E-state index in [1.54, 1.807) is 6.20 Å². The highest BCUT2D eigenvalue weighted by Gasteiger charge is 2.21. The van der Waals surface area contributed by atoms with Gasteiger partial charge in [-0.3, -0.25) is 0 Å². The summed E-state index contributed by atoms with van der Waals surface area (Å²) < 4.78 is 0. The second kappa shape index (κ2) is 9.99. The third kappa shape index (κ3) is 5.08. The molecule has 1 saturated carbocycles. The van der Waals surface area contributed by atoms with Crippen molar-refractivity contribution in [3.05, 3.63) is 41.0 Å². The number of nitrogens with one attached hydrogen (secondary N) is 3. The molecule has 162 valence electrons. The van der Waals surface area contributed by atoms with Gasteiger partial charge in [-0.15, -0.1) is 0 Å². The standard InChI is InChI=1S/C24H33ClN4O/c1-2-19-20(4-3-5-23(19)28-17-10-12-26-13-11-17)21-14-24(27-15-22(21)25)29-16-6-8-18(30)9-7-16/h3-5,14-18,26,28,30H,2,6-13H2,1H3,(H,27,29). The minimum Gasteiger partial charge on any atom is -0.393 e. The lowest BCUT2D eigenvalue weighted by atomic mass is 9.93. The van der Waals surface area contributed by atoms with E-state index in [-0.39, 0.29) is 6.10 Å². The van der Waals surface area contributed by atoms with Crippen LogP contribution in [0.5, 0.6) is 0 Å². The lowest BCUT2D eigenvalue weighted by molar-refractivity contribution is 0.126. The number of piperidine rings is 1. The number of anilines is 2. The van der Waals surface area contributed by atoms with Gasteiger partial charge in [-0.1, -0.05) is 30.7 Å².